The summed E-state index contributed by atoms with van der Waals surface area (Å²) in [6.07, 6.45) is 1.69. The van der Waals surface area contributed by atoms with Gasteiger partial charge in [0.15, 0.2) is 0 Å². The van der Waals surface area contributed by atoms with Gasteiger partial charge in [-0.25, -0.2) is 0 Å². The van der Waals surface area contributed by atoms with E-state index in [1.165, 1.54) is 11.8 Å². The highest BCUT2D eigenvalue weighted by Gasteiger charge is 2.30. The van der Waals surface area contributed by atoms with E-state index >= 15 is 0 Å². The van der Waals surface area contributed by atoms with Gasteiger partial charge in [-0.05, 0) is 37.3 Å². The Morgan fingerprint density at radius 2 is 2.09 bits per heavy atom. The van der Waals surface area contributed by atoms with E-state index in [2.05, 4.69) is 0 Å². The van der Waals surface area contributed by atoms with Gasteiger partial charge >= 0.3 is 0 Å². The first-order valence-electron chi connectivity index (χ1n) is 6.80. The zero-order chi connectivity index (χ0) is 16.6. The van der Waals surface area contributed by atoms with Gasteiger partial charge in [0.05, 0.1) is 9.93 Å². The number of likely N-dealkylation sites (N-methyl/N-ethyl adjacent to an activating group) is 1. The summed E-state index contributed by atoms with van der Waals surface area (Å²) in [5.41, 5.74) is 0.708. The number of carbonyl (C=O) groups is 1. The maximum atomic E-state index is 12.2. The summed E-state index contributed by atoms with van der Waals surface area (Å²) < 4.78 is 6.34. The number of furan rings is 1. The van der Waals surface area contributed by atoms with Gasteiger partial charge in [-0.1, -0.05) is 47.2 Å². The normalized spacial score (nSPS) is 16.7. The Hall–Kier alpha value is -1.27. The monoisotopic (exact) mass is 383 g/mol. The van der Waals surface area contributed by atoms with E-state index < -0.39 is 0 Å². The lowest BCUT2D eigenvalue weighted by Gasteiger charge is -2.09. The lowest BCUT2D eigenvalue weighted by molar-refractivity contribution is -0.121. The highest BCUT2D eigenvalue weighted by atomic mass is 35.5. The molecule has 1 aliphatic heterocycles. The molecule has 1 saturated heterocycles. The number of carbonyl (C=O) groups excluding carboxylic acids is 1. The Labute approximate surface area is 153 Å². The first kappa shape index (κ1) is 16.6. The molecule has 23 heavy (non-hydrogen) atoms. The molecule has 0 radical (unpaired) electrons. The van der Waals surface area contributed by atoms with Crippen LogP contribution in [0.3, 0.4) is 0 Å². The summed E-state index contributed by atoms with van der Waals surface area (Å²) in [5.74, 6) is 1.06. The first-order chi connectivity index (χ1) is 11.0. The van der Waals surface area contributed by atoms with Crippen molar-refractivity contribution >= 4 is 63.5 Å². The highest BCUT2D eigenvalue weighted by Crippen LogP contribution is 2.35. The molecule has 2 aromatic rings. The largest absolute Gasteiger partial charge is 0.457 e. The summed E-state index contributed by atoms with van der Waals surface area (Å²) in [6, 6.07) is 8.75. The SMILES string of the molecule is CCN1C(=O)C(=Cc2ccc(-c3cc(Cl)ccc3Cl)o2)SC1=S. The van der Waals surface area contributed by atoms with Crippen molar-refractivity contribution in [2.45, 2.75) is 6.92 Å². The van der Waals surface area contributed by atoms with Crippen molar-refractivity contribution in [3.05, 3.63) is 51.0 Å². The van der Waals surface area contributed by atoms with Crippen LogP contribution in [-0.2, 0) is 4.79 Å². The maximum Gasteiger partial charge on any atom is 0.266 e. The van der Waals surface area contributed by atoms with E-state index in [0.29, 0.717) is 42.9 Å². The van der Waals surface area contributed by atoms with Crippen LogP contribution >= 0.6 is 47.2 Å². The van der Waals surface area contributed by atoms with Crippen molar-refractivity contribution in [2.75, 3.05) is 6.54 Å². The Bertz CT molecular complexity index is 829. The number of thioether (sulfide) groups is 1. The molecule has 3 nitrogen and oxygen atoms in total. The molecule has 0 atom stereocenters. The molecule has 7 heteroatoms. The van der Waals surface area contributed by atoms with Crippen LogP contribution in [0.2, 0.25) is 10.0 Å². The van der Waals surface area contributed by atoms with Crippen molar-refractivity contribution in [1.82, 2.24) is 4.90 Å². The van der Waals surface area contributed by atoms with Gasteiger partial charge in [0.2, 0.25) is 0 Å². The third-order valence-corrected chi connectivity index (χ3v) is 5.23. The summed E-state index contributed by atoms with van der Waals surface area (Å²) in [6.45, 7) is 2.45. The van der Waals surface area contributed by atoms with E-state index in [1.54, 1.807) is 41.3 Å². The fourth-order valence-electron chi connectivity index (χ4n) is 2.16. The topological polar surface area (TPSA) is 33.5 Å². The molecule has 0 aliphatic carbocycles. The van der Waals surface area contributed by atoms with E-state index in [4.69, 9.17) is 39.8 Å². The number of halogens is 2. The van der Waals surface area contributed by atoms with Crippen molar-refractivity contribution in [1.29, 1.82) is 0 Å². The molecule has 0 unspecified atom stereocenters. The minimum Gasteiger partial charge on any atom is -0.457 e. The van der Waals surface area contributed by atoms with E-state index in [0.717, 1.165) is 0 Å². The molecule has 0 saturated carbocycles. The van der Waals surface area contributed by atoms with E-state index in [1.807, 2.05) is 6.92 Å². The summed E-state index contributed by atoms with van der Waals surface area (Å²) in [4.78, 5) is 14.3. The Kier molecular flexibility index (Phi) is 4.82. The summed E-state index contributed by atoms with van der Waals surface area (Å²) >= 11 is 18.6. The van der Waals surface area contributed by atoms with Crippen LogP contribution in [0, 0.1) is 0 Å². The van der Waals surface area contributed by atoms with Crippen molar-refractivity contribution < 1.29 is 9.21 Å². The molecular weight excluding hydrogens is 373 g/mol. The number of benzene rings is 1. The van der Waals surface area contributed by atoms with Crippen LogP contribution in [0.1, 0.15) is 12.7 Å². The highest BCUT2D eigenvalue weighted by molar-refractivity contribution is 8.26. The second-order valence-corrected chi connectivity index (χ2v) is 7.27. The molecule has 0 spiro atoms. The Morgan fingerprint density at radius 3 is 2.78 bits per heavy atom. The molecule has 118 valence electrons. The minimum atomic E-state index is -0.0961. The summed E-state index contributed by atoms with van der Waals surface area (Å²) in [5, 5.41) is 1.12. The quantitative estimate of drug-likeness (QED) is 0.519. The fourth-order valence-corrected chi connectivity index (χ4v) is 3.91. The van der Waals surface area contributed by atoms with E-state index in [9.17, 15) is 4.79 Å². The van der Waals surface area contributed by atoms with Gasteiger partial charge < -0.3 is 4.42 Å². The molecule has 1 fully saturated rings. The van der Waals surface area contributed by atoms with Gasteiger partial charge in [0.1, 0.15) is 15.8 Å². The number of amides is 1. The second kappa shape index (κ2) is 6.69. The predicted octanol–water partition coefficient (Wildman–Crippen LogP) is 5.47. The van der Waals surface area contributed by atoms with Gasteiger partial charge in [-0.3, -0.25) is 9.69 Å². The van der Waals surface area contributed by atoms with Gasteiger partial charge in [0, 0.05) is 23.2 Å². The molecule has 0 bridgehead atoms. The zero-order valence-electron chi connectivity index (χ0n) is 12.0. The predicted molar refractivity (Wildman–Crippen MR) is 99.7 cm³/mol. The van der Waals surface area contributed by atoms with Crippen LogP contribution in [0.5, 0.6) is 0 Å². The van der Waals surface area contributed by atoms with Crippen LogP contribution in [-0.4, -0.2) is 21.7 Å². The zero-order valence-corrected chi connectivity index (χ0v) is 15.2. The second-order valence-electron chi connectivity index (χ2n) is 4.75. The van der Waals surface area contributed by atoms with Gasteiger partial charge in [-0.15, -0.1) is 0 Å². The summed E-state index contributed by atoms with van der Waals surface area (Å²) in [7, 11) is 0. The van der Waals surface area contributed by atoms with Crippen molar-refractivity contribution in [3.63, 3.8) is 0 Å². The fraction of sp³-hybridized carbons (Fsp3) is 0.125. The van der Waals surface area contributed by atoms with Crippen LogP contribution in [0.15, 0.2) is 39.7 Å². The molecule has 3 rings (SSSR count). The number of thiocarbonyl (C=S) groups is 1. The molecule has 2 heterocycles. The molecule has 1 aromatic carbocycles. The number of rotatable bonds is 3. The lowest BCUT2D eigenvalue weighted by Crippen LogP contribution is -2.27. The first-order valence-corrected chi connectivity index (χ1v) is 8.78. The minimum absolute atomic E-state index is 0.0961. The van der Waals surface area contributed by atoms with Gasteiger partial charge in [0.25, 0.3) is 5.91 Å². The number of hydrogen-bond acceptors (Lipinski definition) is 4. The van der Waals surface area contributed by atoms with E-state index in [-0.39, 0.29) is 5.91 Å². The van der Waals surface area contributed by atoms with Crippen LogP contribution < -0.4 is 0 Å². The molecule has 1 aliphatic rings. The van der Waals surface area contributed by atoms with Crippen LogP contribution in [0.25, 0.3) is 17.4 Å². The molecule has 1 amide bonds. The molecule has 1 aromatic heterocycles. The molecule has 0 N–H and O–H groups in total. The standard InChI is InChI=1S/C16H11Cl2NO2S2/c1-2-19-15(20)14(23-16(19)22)8-10-4-6-13(21-10)11-7-9(17)3-5-12(11)18/h3-8H,2H2,1H3. The third-order valence-electron chi connectivity index (χ3n) is 3.28. The maximum absolute atomic E-state index is 12.2. The number of nitrogens with zero attached hydrogens (tertiary/aromatic N) is 1. The average Bonchev–Trinajstić information content (AvgIpc) is 3.07. The number of hydrogen-bond donors (Lipinski definition) is 0. The molecular formula is C16H11Cl2NO2S2. The van der Waals surface area contributed by atoms with Crippen LogP contribution in [0.4, 0.5) is 0 Å². The average molecular weight is 384 g/mol. The smallest absolute Gasteiger partial charge is 0.266 e. The Morgan fingerprint density at radius 1 is 1.30 bits per heavy atom. The Balaban J connectivity index is 1.91. The van der Waals surface area contributed by atoms with Gasteiger partial charge in [-0.2, -0.15) is 0 Å². The third kappa shape index (κ3) is 3.33. The van der Waals surface area contributed by atoms with Crippen molar-refractivity contribution in [3.8, 4) is 11.3 Å². The van der Waals surface area contributed by atoms with Crippen molar-refractivity contribution in [2.24, 2.45) is 0 Å². The lowest BCUT2D eigenvalue weighted by atomic mass is 10.2.